The zero-order chi connectivity index (χ0) is 10.7. The molecular formula is C8H10N2O4. The van der Waals surface area contributed by atoms with Crippen molar-refractivity contribution >= 4 is 11.9 Å². The van der Waals surface area contributed by atoms with E-state index in [0.717, 1.165) is 0 Å². The molecule has 0 aliphatic rings. The molecule has 1 aromatic rings. The molecule has 0 fully saturated rings. The quantitative estimate of drug-likeness (QED) is 0.534. The van der Waals surface area contributed by atoms with Crippen molar-refractivity contribution in [1.82, 2.24) is 4.98 Å². The predicted molar refractivity (Wildman–Crippen MR) is 47.0 cm³/mol. The van der Waals surface area contributed by atoms with Gasteiger partial charge in [0.05, 0.1) is 12.0 Å². The molecule has 0 aromatic carbocycles. The minimum absolute atomic E-state index is 0.0344. The highest BCUT2D eigenvalue weighted by atomic mass is 16.4. The summed E-state index contributed by atoms with van der Waals surface area (Å²) in [5.41, 5.74) is 5.98. The van der Waals surface area contributed by atoms with Crippen LogP contribution in [0.15, 0.2) is 6.20 Å². The van der Waals surface area contributed by atoms with Gasteiger partial charge in [0.15, 0.2) is 0 Å². The van der Waals surface area contributed by atoms with Gasteiger partial charge >= 0.3 is 11.9 Å². The molecule has 0 unspecified atom stereocenters. The standard InChI is InChI=1S/C8H10N2O4/c9-2-6-4(1-7(11)12)5(3-10-6)8(13)14/h3,10H,1-2,9H2,(H,11,12)(H,13,14). The van der Waals surface area contributed by atoms with E-state index in [9.17, 15) is 9.59 Å². The number of nitrogens with one attached hydrogen (secondary N) is 1. The lowest BCUT2D eigenvalue weighted by atomic mass is 10.1. The monoisotopic (exact) mass is 198 g/mol. The molecule has 0 amide bonds. The van der Waals surface area contributed by atoms with Crippen LogP contribution in [0.5, 0.6) is 0 Å². The summed E-state index contributed by atoms with van der Waals surface area (Å²) in [5, 5.41) is 17.3. The molecule has 1 rings (SSSR count). The van der Waals surface area contributed by atoms with Crippen LogP contribution in [0.4, 0.5) is 0 Å². The van der Waals surface area contributed by atoms with Crippen molar-refractivity contribution in [2.24, 2.45) is 5.73 Å². The second-order valence-electron chi connectivity index (χ2n) is 2.74. The number of H-pyrrole nitrogens is 1. The molecule has 0 radical (unpaired) electrons. The number of carboxylic acids is 2. The second kappa shape index (κ2) is 3.93. The van der Waals surface area contributed by atoms with Gasteiger partial charge in [0, 0.05) is 18.4 Å². The maximum atomic E-state index is 10.7. The number of aromatic nitrogens is 1. The van der Waals surface area contributed by atoms with E-state index < -0.39 is 11.9 Å². The van der Waals surface area contributed by atoms with Crippen LogP contribution < -0.4 is 5.73 Å². The number of carbonyl (C=O) groups is 2. The summed E-state index contributed by atoms with van der Waals surface area (Å²) < 4.78 is 0. The van der Waals surface area contributed by atoms with Gasteiger partial charge in [0.1, 0.15) is 0 Å². The Labute approximate surface area is 79.4 Å². The molecule has 1 heterocycles. The fraction of sp³-hybridized carbons (Fsp3) is 0.250. The van der Waals surface area contributed by atoms with Crippen molar-refractivity contribution < 1.29 is 19.8 Å². The molecule has 6 nitrogen and oxygen atoms in total. The largest absolute Gasteiger partial charge is 0.481 e. The first-order valence-electron chi connectivity index (χ1n) is 3.90. The Balaban J connectivity index is 3.12. The van der Waals surface area contributed by atoms with Gasteiger partial charge in [-0.25, -0.2) is 4.79 Å². The second-order valence-corrected chi connectivity index (χ2v) is 2.74. The third-order valence-corrected chi connectivity index (χ3v) is 1.84. The third-order valence-electron chi connectivity index (χ3n) is 1.84. The first-order valence-corrected chi connectivity index (χ1v) is 3.90. The number of carboxylic acid groups (broad SMARTS) is 2. The van der Waals surface area contributed by atoms with E-state index in [1.807, 2.05) is 0 Å². The van der Waals surface area contributed by atoms with Crippen LogP contribution in [0.1, 0.15) is 21.6 Å². The normalized spacial score (nSPS) is 10.1. The average molecular weight is 198 g/mol. The summed E-state index contributed by atoms with van der Waals surface area (Å²) >= 11 is 0. The first-order chi connectivity index (χ1) is 6.56. The lowest BCUT2D eigenvalue weighted by Gasteiger charge is -1.99. The van der Waals surface area contributed by atoms with Gasteiger partial charge in [-0.05, 0) is 5.56 Å². The lowest BCUT2D eigenvalue weighted by molar-refractivity contribution is -0.136. The maximum absolute atomic E-state index is 10.7. The fourth-order valence-electron chi connectivity index (χ4n) is 1.22. The van der Waals surface area contributed by atoms with Crippen molar-refractivity contribution in [3.63, 3.8) is 0 Å². The van der Waals surface area contributed by atoms with Crippen molar-refractivity contribution in [3.05, 3.63) is 23.0 Å². The molecule has 0 aliphatic carbocycles. The topological polar surface area (TPSA) is 116 Å². The number of aromatic amines is 1. The van der Waals surface area contributed by atoms with Crippen molar-refractivity contribution in [3.8, 4) is 0 Å². The minimum atomic E-state index is -1.16. The van der Waals surface area contributed by atoms with Gasteiger partial charge in [0.2, 0.25) is 0 Å². The maximum Gasteiger partial charge on any atom is 0.337 e. The van der Waals surface area contributed by atoms with E-state index in [4.69, 9.17) is 15.9 Å². The number of nitrogens with two attached hydrogens (primary N) is 1. The Morgan fingerprint density at radius 1 is 1.43 bits per heavy atom. The first kappa shape index (κ1) is 10.3. The zero-order valence-electron chi connectivity index (χ0n) is 7.28. The molecule has 0 atom stereocenters. The number of aliphatic carboxylic acids is 1. The van der Waals surface area contributed by atoms with Crippen molar-refractivity contribution in [1.29, 1.82) is 0 Å². The van der Waals surface area contributed by atoms with Crippen LogP contribution in [0, 0.1) is 0 Å². The van der Waals surface area contributed by atoms with Crippen LogP contribution in [0.3, 0.4) is 0 Å². The fourth-order valence-corrected chi connectivity index (χ4v) is 1.22. The Morgan fingerprint density at radius 2 is 2.07 bits per heavy atom. The molecule has 0 saturated carbocycles. The molecule has 6 heteroatoms. The van der Waals surface area contributed by atoms with E-state index in [0.29, 0.717) is 5.69 Å². The highest BCUT2D eigenvalue weighted by molar-refractivity contribution is 5.91. The molecule has 14 heavy (non-hydrogen) atoms. The van der Waals surface area contributed by atoms with Crippen LogP contribution in [0.2, 0.25) is 0 Å². The third kappa shape index (κ3) is 1.91. The van der Waals surface area contributed by atoms with Gasteiger partial charge < -0.3 is 20.9 Å². The zero-order valence-corrected chi connectivity index (χ0v) is 7.28. The van der Waals surface area contributed by atoms with Gasteiger partial charge in [-0.1, -0.05) is 0 Å². The van der Waals surface area contributed by atoms with Gasteiger partial charge in [0.25, 0.3) is 0 Å². The van der Waals surface area contributed by atoms with Gasteiger partial charge in [-0.2, -0.15) is 0 Å². The average Bonchev–Trinajstić information content (AvgIpc) is 2.46. The summed E-state index contributed by atoms with van der Waals surface area (Å²) in [7, 11) is 0. The van der Waals surface area contributed by atoms with E-state index in [-0.39, 0.29) is 24.1 Å². The summed E-state index contributed by atoms with van der Waals surface area (Å²) in [4.78, 5) is 23.8. The molecule has 0 aliphatic heterocycles. The Morgan fingerprint density at radius 3 is 2.50 bits per heavy atom. The number of rotatable bonds is 4. The lowest BCUT2D eigenvalue weighted by Crippen LogP contribution is -2.09. The molecule has 76 valence electrons. The summed E-state index contributed by atoms with van der Waals surface area (Å²) in [6.07, 6.45) is 0.917. The van der Waals surface area contributed by atoms with Crippen molar-refractivity contribution in [2.45, 2.75) is 13.0 Å². The Bertz CT molecular complexity index is 369. The van der Waals surface area contributed by atoms with Gasteiger partial charge in [-0.3, -0.25) is 4.79 Å². The summed E-state index contributed by atoms with van der Waals surface area (Å²) in [5.74, 6) is -2.24. The number of hydrogen-bond acceptors (Lipinski definition) is 3. The Hall–Kier alpha value is -1.82. The molecule has 0 spiro atoms. The van der Waals surface area contributed by atoms with Gasteiger partial charge in [-0.15, -0.1) is 0 Å². The highest BCUT2D eigenvalue weighted by Gasteiger charge is 2.17. The summed E-state index contributed by atoms with van der Waals surface area (Å²) in [6, 6.07) is 0. The van der Waals surface area contributed by atoms with Crippen molar-refractivity contribution in [2.75, 3.05) is 0 Å². The predicted octanol–water partition coefficient (Wildman–Crippen LogP) is -0.201. The smallest absolute Gasteiger partial charge is 0.337 e. The van der Waals surface area contributed by atoms with E-state index in [1.54, 1.807) is 0 Å². The number of aromatic carboxylic acids is 1. The number of hydrogen-bond donors (Lipinski definition) is 4. The molecule has 1 aromatic heterocycles. The van der Waals surface area contributed by atoms with Crippen LogP contribution in [-0.4, -0.2) is 27.1 Å². The SMILES string of the molecule is NCc1[nH]cc(C(=O)O)c1CC(=O)O. The summed E-state index contributed by atoms with van der Waals surface area (Å²) in [6.45, 7) is 0.0931. The van der Waals surface area contributed by atoms with E-state index >= 15 is 0 Å². The molecular weight excluding hydrogens is 188 g/mol. The van der Waals surface area contributed by atoms with Crippen LogP contribution >= 0.6 is 0 Å². The van der Waals surface area contributed by atoms with E-state index in [2.05, 4.69) is 4.98 Å². The van der Waals surface area contributed by atoms with E-state index in [1.165, 1.54) is 6.20 Å². The van der Waals surface area contributed by atoms with Crippen LogP contribution in [-0.2, 0) is 17.8 Å². The molecule has 5 N–H and O–H groups in total. The minimum Gasteiger partial charge on any atom is -0.481 e. The highest BCUT2D eigenvalue weighted by Crippen LogP contribution is 2.14. The molecule has 0 saturated heterocycles. The Kier molecular flexibility index (Phi) is 2.88. The molecule has 0 bridgehead atoms. The van der Waals surface area contributed by atoms with Crippen LogP contribution in [0.25, 0.3) is 0 Å².